The molecular weight excluding hydrogens is 246 g/mol. The van der Waals surface area contributed by atoms with E-state index in [0.717, 1.165) is 0 Å². The molecule has 1 heterocycles. The van der Waals surface area contributed by atoms with Crippen molar-refractivity contribution in [1.82, 2.24) is 14.9 Å². The Balaban J connectivity index is 2.78. The average molecular weight is 261 g/mol. The number of aryl methyl sites for hydroxylation is 1. The predicted octanol–water partition coefficient (Wildman–Crippen LogP) is -0.479. The van der Waals surface area contributed by atoms with Crippen LogP contribution in [0, 0.1) is 6.92 Å². The Kier molecular flexibility index (Phi) is 4.07. The van der Waals surface area contributed by atoms with E-state index in [-0.39, 0.29) is 17.2 Å². The van der Waals surface area contributed by atoms with E-state index in [4.69, 9.17) is 10.9 Å². The smallest absolute Gasteiger partial charge is 0.244 e. The van der Waals surface area contributed by atoms with E-state index in [2.05, 4.69) is 20.1 Å². The van der Waals surface area contributed by atoms with Crippen molar-refractivity contribution in [2.45, 2.75) is 31.2 Å². The van der Waals surface area contributed by atoms with Gasteiger partial charge in [0.1, 0.15) is 10.7 Å². The number of hydrogen-bond donors (Lipinski definition) is 4. The molecular formula is C8H15N5O3S. The first-order chi connectivity index (χ1) is 7.86. The molecule has 0 aliphatic carbocycles. The number of rotatable bonds is 5. The van der Waals surface area contributed by atoms with Crippen molar-refractivity contribution >= 4 is 15.9 Å². The maximum absolute atomic E-state index is 11.9. The number of oxime groups is 1. The summed E-state index contributed by atoms with van der Waals surface area (Å²) in [6.45, 7) is 3.22. The van der Waals surface area contributed by atoms with Gasteiger partial charge in [0.25, 0.3) is 0 Å². The maximum Gasteiger partial charge on any atom is 0.244 e. The Labute approximate surface area is 98.9 Å². The van der Waals surface area contributed by atoms with Gasteiger partial charge in [-0.1, -0.05) is 5.16 Å². The van der Waals surface area contributed by atoms with Gasteiger partial charge in [0.2, 0.25) is 10.0 Å². The SMILES string of the molecule is Cc1[nH]ncc1S(=O)(=O)NC(C)CC(N)=NO. The average Bonchev–Trinajstić information content (AvgIpc) is 2.63. The molecule has 1 unspecified atom stereocenters. The van der Waals surface area contributed by atoms with Crippen molar-refractivity contribution in [2.24, 2.45) is 10.9 Å². The Hall–Kier alpha value is -1.61. The molecule has 0 amide bonds. The van der Waals surface area contributed by atoms with E-state index in [9.17, 15) is 8.42 Å². The summed E-state index contributed by atoms with van der Waals surface area (Å²) in [6.07, 6.45) is 1.35. The topological polar surface area (TPSA) is 133 Å². The van der Waals surface area contributed by atoms with Gasteiger partial charge >= 0.3 is 0 Å². The van der Waals surface area contributed by atoms with Crippen LogP contribution in [0.2, 0.25) is 0 Å². The molecule has 5 N–H and O–H groups in total. The van der Waals surface area contributed by atoms with Gasteiger partial charge in [-0.05, 0) is 13.8 Å². The third kappa shape index (κ3) is 3.43. The fraction of sp³-hybridized carbons (Fsp3) is 0.500. The van der Waals surface area contributed by atoms with Crippen molar-refractivity contribution in [3.8, 4) is 0 Å². The standard InChI is InChI=1S/C8H15N5O3S/c1-5(3-8(9)12-14)13-17(15,16)7-4-10-11-6(7)2/h4-5,13-14H,3H2,1-2H3,(H2,9,12)(H,10,11). The number of hydrogen-bond acceptors (Lipinski definition) is 5. The molecule has 1 aromatic heterocycles. The highest BCUT2D eigenvalue weighted by molar-refractivity contribution is 7.89. The molecule has 0 aromatic carbocycles. The molecule has 9 heteroatoms. The Morgan fingerprint density at radius 3 is 2.88 bits per heavy atom. The molecule has 1 rings (SSSR count). The van der Waals surface area contributed by atoms with Crippen LogP contribution in [0.3, 0.4) is 0 Å². The lowest BCUT2D eigenvalue weighted by Gasteiger charge is -2.12. The summed E-state index contributed by atoms with van der Waals surface area (Å²) in [6, 6.07) is -0.481. The summed E-state index contributed by atoms with van der Waals surface area (Å²) in [5.41, 5.74) is 5.74. The fourth-order valence-electron chi connectivity index (χ4n) is 1.34. The maximum atomic E-state index is 11.9. The zero-order chi connectivity index (χ0) is 13.1. The zero-order valence-electron chi connectivity index (χ0n) is 9.51. The van der Waals surface area contributed by atoms with Gasteiger partial charge in [-0.2, -0.15) is 5.10 Å². The summed E-state index contributed by atoms with van der Waals surface area (Å²) in [5, 5.41) is 17.3. The van der Waals surface area contributed by atoms with Crippen LogP contribution in [0.15, 0.2) is 16.2 Å². The minimum atomic E-state index is -3.64. The zero-order valence-corrected chi connectivity index (χ0v) is 10.3. The van der Waals surface area contributed by atoms with Crippen LogP contribution in [-0.4, -0.2) is 35.7 Å². The number of nitrogens with one attached hydrogen (secondary N) is 2. The van der Waals surface area contributed by atoms with Gasteiger partial charge < -0.3 is 10.9 Å². The van der Waals surface area contributed by atoms with Crippen LogP contribution < -0.4 is 10.5 Å². The Bertz CT molecular complexity index is 507. The van der Waals surface area contributed by atoms with Gasteiger partial charge in [0.05, 0.1) is 11.9 Å². The first kappa shape index (κ1) is 13.5. The van der Waals surface area contributed by atoms with Gasteiger partial charge in [0, 0.05) is 12.5 Å². The van der Waals surface area contributed by atoms with E-state index < -0.39 is 16.1 Å². The van der Waals surface area contributed by atoms with Crippen LogP contribution in [0.4, 0.5) is 0 Å². The Morgan fingerprint density at radius 2 is 2.41 bits per heavy atom. The molecule has 0 spiro atoms. The molecule has 1 aromatic rings. The molecule has 0 bridgehead atoms. The third-order valence-corrected chi connectivity index (χ3v) is 3.78. The second-order valence-electron chi connectivity index (χ2n) is 3.68. The molecule has 1 atom stereocenters. The van der Waals surface area contributed by atoms with Crippen molar-refractivity contribution < 1.29 is 13.6 Å². The molecule has 0 aliphatic heterocycles. The second kappa shape index (κ2) is 5.15. The van der Waals surface area contributed by atoms with Gasteiger partial charge in [-0.25, -0.2) is 13.1 Å². The number of amidine groups is 1. The van der Waals surface area contributed by atoms with E-state index >= 15 is 0 Å². The van der Waals surface area contributed by atoms with Crippen LogP contribution in [-0.2, 0) is 10.0 Å². The quantitative estimate of drug-likeness (QED) is 0.246. The number of aromatic nitrogens is 2. The van der Waals surface area contributed by atoms with Gasteiger partial charge in [-0.3, -0.25) is 5.10 Å². The summed E-state index contributed by atoms with van der Waals surface area (Å²) >= 11 is 0. The summed E-state index contributed by atoms with van der Waals surface area (Å²) in [4.78, 5) is 0.0869. The molecule has 96 valence electrons. The van der Waals surface area contributed by atoms with E-state index in [1.807, 2.05) is 0 Å². The number of sulfonamides is 1. The second-order valence-corrected chi connectivity index (χ2v) is 5.36. The van der Waals surface area contributed by atoms with E-state index in [0.29, 0.717) is 5.69 Å². The minimum absolute atomic E-state index is 0.0379. The van der Waals surface area contributed by atoms with Crippen LogP contribution in [0.1, 0.15) is 19.0 Å². The largest absolute Gasteiger partial charge is 0.409 e. The Morgan fingerprint density at radius 1 is 1.76 bits per heavy atom. The van der Waals surface area contributed by atoms with Crippen LogP contribution in [0.5, 0.6) is 0 Å². The number of aromatic amines is 1. The summed E-state index contributed by atoms with van der Waals surface area (Å²) in [5.74, 6) is -0.0379. The summed E-state index contributed by atoms with van der Waals surface area (Å²) < 4.78 is 26.2. The summed E-state index contributed by atoms with van der Waals surface area (Å²) in [7, 11) is -3.64. The predicted molar refractivity (Wildman–Crippen MR) is 61.1 cm³/mol. The van der Waals surface area contributed by atoms with Crippen molar-refractivity contribution in [3.63, 3.8) is 0 Å². The lowest BCUT2D eigenvalue weighted by atomic mass is 10.2. The van der Waals surface area contributed by atoms with E-state index in [1.165, 1.54) is 6.20 Å². The van der Waals surface area contributed by atoms with Gasteiger partial charge in [-0.15, -0.1) is 0 Å². The van der Waals surface area contributed by atoms with Crippen molar-refractivity contribution in [1.29, 1.82) is 0 Å². The highest BCUT2D eigenvalue weighted by Gasteiger charge is 2.21. The first-order valence-corrected chi connectivity index (χ1v) is 6.34. The fourth-order valence-corrected chi connectivity index (χ4v) is 2.72. The minimum Gasteiger partial charge on any atom is -0.409 e. The van der Waals surface area contributed by atoms with Crippen LogP contribution >= 0.6 is 0 Å². The molecule has 8 nitrogen and oxygen atoms in total. The van der Waals surface area contributed by atoms with Crippen molar-refractivity contribution in [3.05, 3.63) is 11.9 Å². The lowest BCUT2D eigenvalue weighted by molar-refractivity contribution is 0.316. The number of H-pyrrole nitrogens is 1. The lowest BCUT2D eigenvalue weighted by Crippen LogP contribution is -2.35. The molecule has 0 saturated heterocycles. The van der Waals surface area contributed by atoms with Gasteiger partial charge in [0.15, 0.2) is 0 Å². The van der Waals surface area contributed by atoms with Crippen molar-refractivity contribution in [2.75, 3.05) is 0 Å². The monoisotopic (exact) mass is 261 g/mol. The first-order valence-electron chi connectivity index (χ1n) is 4.85. The molecule has 17 heavy (non-hydrogen) atoms. The molecule has 0 aliphatic rings. The normalized spacial score (nSPS) is 14.8. The van der Waals surface area contributed by atoms with Crippen LogP contribution in [0.25, 0.3) is 0 Å². The molecule has 0 radical (unpaired) electrons. The molecule has 0 saturated carbocycles. The number of nitrogens with zero attached hydrogens (tertiary/aromatic N) is 2. The highest BCUT2D eigenvalue weighted by atomic mass is 32.2. The number of nitrogens with two attached hydrogens (primary N) is 1. The highest BCUT2D eigenvalue weighted by Crippen LogP contribution is 2.11. The molecule has 0 fully saturated rings. The van der Waals surface area contributed by atoms with E-state index in [1.54, 1.807) is 13.8 Å². The third-order valence-electron chi connectivity index (χ3n) is 2.07.